The number of imidazole rings is 1. The van der Waals surface area contributed by atoms with Gasteiger partial charge in [0.2, 0.25) is 5.91 Å². The Hall–Kier alpha value is -2.26. The summed E-state index contributed by atoms with van der Waals surface area (Å²) in [5, 5.41) is 12.4. The number of nitrogens with one attached hydrogen (secondary N) is 1. The Bertz CT molecular complexity index is 627. The van der Waals surface area contributed by atoms with Crippen LogP contribution in [0.4, 0.5) is 5.69 Å². The van der Waals surface area contributed by atoms with Crippen LogP contribution in [0.15, 0.2) is 41.8 Å². The van der Waals surface area contributed by atoms with Gasteiger partial charge >= 0.3 is 0 Å². The van der Waals surface area contributed by atoms with E-state index in [1.54, 1.807) is 42.2 Å². The highest BCUT2D eigenvalue weighted by Crippen LogP contribution is 2.16. The molecule has 0 spiro atoms. The average Bonchev–Trinajstić information content (AvgIpc) is 2.85. The number of hydrogen-bond acceptors (Lipinski definition) is 4. The fourth-order valence-electron chi connectivity index (χ4n) is 1.58. The molecule has 0 bridgehead atoms. The second-order valence-electron chi connectivity index (χ2n) is 4.16. The van der Waals surface area contributed by atoms with Crippen LogP contribution in [0.3, 0.4) is 0 Å². The van der Waals surface area contributed by atoms with E-state index in [0.717, 1.165) is 5.16 Å². The van der Waals surface area contributed by atoms with Crippen molar-refractivity contribution in [1.29, 1.82) is 5.26 Å². The molecule has 0 saturated carbocycles. The molecule has 0 fully saturated rings. The lowest BCUT2D eigenvalue weighted by atomic mass is 10.2. The van der Waals surface area contributed by atoms with Crippen molar-refractivity contribution in [1.82, 2.24) is 9.55 Å². The van der Waals surface area contributed by atoms with Crippen LogP contribution in [0.1, 0.15) is 12.0 Å². The summed E-state index contributed by atoms with van der Waals surface area (Å²) in [5.74, 6) is 0.629. The Morgan fingerprint density at radius 1 is 1.45 bits per heavy atom. The van der Waals surface area contributed by atoms with Crippen molar-refractivity contribution < 1.29 is 4.79 Å². The molecule has 5 nitrogen and oxygen atoms in total. The number of hydrogen-bond donors (Lipinski definition) is 1. The predicted molar refractivity (Wildman–Crippen MR) is 78.3 cm³/mol. The molecular formula is C14H14N4OS. The molecule has 0 aliphatic rings. The Balaban J connectivity index is 1.78. The molecule has 6 heteroatoms. The van der Waals surface area contributed by atoms with Crippen LogP contribution in [0.5, 0.6) is 0 Å². The van der Waals surface area contributed by atoms with Crippen molar-refractivity contribution >= 4 is 23.4 Å². The molecule has 2 rings (SSSR count). The Morgan fingerprint density at radius 3 is 2.80 bits per heavy atom. The zero-order valence-electron chi connectivity index (χ0n) is 11.0. The Labute approximate surface area is 121 Å². The highest BCUT2D eigenvalue weighted by molar-refractivity contribution is 7.99. The van der Waals surface area contributed by atoms with Crippen molar-refractivity contribution in [3.63, 3.8) is 0 Å². The van der Waals surface area contributed by atoms with Crippen LogP contribution in [0.25, 0.3) is 0 Å². The van der Waals surface area contributed by atoms with Gasteiger partial charge in [0.05, 0.1) is 11.6 Å². The van der Waals surface area contributed by atoms with Gasteiger partial charge in [0.15, 0.2) is 5.16 Å². The van der Waals surface area contributed by atoms with Gasteiger partial charge in [0.1, 0.15) is 0 Å². The Kier molecular flexibility index (Phi) is 4.80. The van der Waals surface area contributed by atoms with Crippen molar-refractivity contribution in [2.75, 3.05) is 11.1 Å². The second kappa shape index (κ2) is 6.78. The first kappa shape index (κ1) is 14.2. The summed E-state index contributed by atoms with van der Waals surface area (Å²) in [5.41, 5.74) is 1.28. The molecule has 1 N–H and O–H groups in total. The largest absolute Gasteiger partial charge is 0.329 e. The third-order valence-corrected chi connectivity index (χ3v) is 3.69. The molecule has 1 aromatic carbocycles. The van der Waals surface area contributed by atoms with Gasteiger partial charge in [-0.3, -0.25) is 4.79 Å². The van der Waals surface area contributed by atoms with E-state index in [1.165, 1.54) is 0 Å². The van der Waals surface area contributed by atoms with Gasteiger partial charge in [0.25, 0.3) is 0 Å². The number of aromatic nitrogens is 2. The minimum Gasteiger partial charge on any atom is -0.329 e. The predicted octanol–water partition coefficient (Wildman–Crippen LogP) is 2.41. The number of thioether (sulfide) groups is 1. The summed E-state index contributed by atoms with van der Waals surface area (Å²) < 4.78 is 1.92. The van der Waals surface area contributed by atoms with Crippen molar-refractivity contribution in [2.45, 2.75) is 11.6 Å². The highest BCUT2D eigenvalue weighted by Gasteiger charge is 2.05. The molecule has 0 aliphatic heterocycles. The van der Waals surface area contributed by atoms with Gasteiger partial charge in [0, 0.05) is 37.3 Å². The van der Waals surface area contributed by atoms with Crippen LogP contribution >= 0.6 is 11.8 Å². The van der Waals surface area contributed by atoms with Crippen molar-refractivity contribution in [3.8, 4) is 6.07 Å². The van der Waals surface area contributed by atoms with E-state index in [1.807, 2.05) is 23.9 Å². The van der Waals surface area contributed by atoms with E-state index in [9.17, 15) is 4.79 Å². The molecule has 0 atom stereocenters. The van der Waals surface area contributed by atoms with E-state index < -0.39 is 0 Å². The van der Waals surface area contributed by atoms with Crippen molar-refractivity contribution in [2.24, 2.45) is 7.05 Å². The van der Waals surface area contributed by atoms with E-state index in [2.05, 4.69) is 10.3 Å². The number of aryl methyl sites for hydroxylation is 1. The van der Waals surface area contributed by atoms with E-state index >= 15 is 0 Å². The molecule has 1 heterocycles. The van der Waals surface area contributed by atoms with Gasteiger partial charge in [-0.05, 0) is 24.3 Å². The van der Waals surface area contributed by atoms with Gasteiger partial charge in [-0.1, -0.05) is 11.8 Å². The number of nitrogens with zero attached hydrogens (tertiary/aromatic N) is 3. The topological polar surface area (TPSA) is 70.7 Å². The summed E-state index contributed by atoms with van der Waals surface area (Å²) >= 11 is 1.55. The normalized spacial score (nSPS) is 10.0. The zero-order chi connectivity index (χ0) is 14.4. The van der Waals surface area contributed by atoms with Crippen LogP contribution in [-0.2, 0) is 11.8 Å². The molecular weight excluding hydrogens is 272 g/mol. The van der Waals surface area contributed by atoms with Crippen molar-refractivity contribution in [3.05, 3.63) is 42.2 Å². The molecule has 20 heavy (non-hydrogen) atoms. The van der Waals surface area contributed by atoms with Crippen LogP contribution < -0.4 is 5.32 Å². The first-order valence-corrected chi connectivity index (χ1v) is 7.08. The standard InChI is InChI=1S/C14H14N4OS/c1-18-8-7-16-14(18)20-9-6-13(19)17-12-4-2-11(10-15)3-5-12/h2-5,7-8H,6,9H2,1H3,(H,17,19). The second-order valence-corrected chi connectivity index (χ2v) is 5.22. The average molecular weight is 286 g/mol. The number of benzene rings is 1. The maximum Gasteiger partial charge on any atom is 0.225 e. The molecule has 0 aliphatic carbocycles. The number of rotatable bonds is 5. The van der Waals surface area contributed by atoms with E-state index in [4.69, 9.17) is 5.26 Å². The smallest absolute Gasteiger partial charge is 0.225 e. The highest BCUT2D eigenvalue weighted by atomic mass is 32.2. The molecule has 2 aromatic rings. The number of nitriles is 1. The maximum absolute atomic E-state index is 11.8. The van der Waals surface area contributed by atoms with Gasteiger partial charge in [-0.15, -0.1) is 0 Å². The molecule has 0 unspecified atom stereocenters. The SMILES string of the molecule is Cn1ccnc1SCCC(=O)Nc1ccc(C#N)cc1. The molecule has 0 saturated heterocycles. The van der Waals surface area contributed by atoms with Gasteiger partial charge < -0.3 is 9.88 Å². The van der Waals surface area contributed by atoms with Crippen LogP contribution in [0.2, 0.25) is 0 Å². The van der Waals surface area contributed by atoms with E-state index in [-0.39, 0.29) is 5.91 Å². The molecule has 102 valence electrons. The first-order chi connectivity index (χ1) is 9.69. The van der Waals surface area contributed by atoms with E-state index in [0.29, 0.717) is 23.4 Å². The summed E-state index contributed by atoms with van der Waals surface area (Å²) in [6.45, 7) is 0. The fraction of sp³-hybridized carbons (Fsp3) is 0.214. The minimum absolute atomic E-state index is 0.0450. The van der Waals surface area contributed by atoms with Crippen LogP contribution in [0, 0.1) is 11.3 Å². The lowest BCUT2D eigenvalue weighted by molar-refractivity contribution is -0.115. The third kappa shape index (κ3) is 3.87. The summed E-state index contributed by atoms with van der Waals surface area (Å²) in [7, 11) is 1.92. The molecule has 0 radical (unpaired) electrons. The number of anilines is 1. The first-order valence-electron chi connectivity index (χ1n) is 6.09. The lowest BCUT2D eigenvalue weighted by Crippen LogP contribution is -2.12. The molecule has 1 aromatic heterocycles. The summed E-state index contributed by atoms with van der Waals surface area (Å²) in [6.07, 6.45) is 4.02. The van der Waals surface area contributed by atoms with Crippen LogP contribution in [-0.4, -0.2) is 21.2 Å². The fourth-order valence-corrected chi connectivity index (χ4v) is 2.45. The number of amides is 1. The number of carbonyl (C=O) groups excluding carboxylic acids is 1. The minimum atomic E-state index is -0.0450. The quantitative estimate of drug-likeness (QED) is 0.857. The summed E-state index contributed by atoms with van der Waals surface area (Å²) in [4.78, 5) is 15.9. The summed E-state index contributed by atoms with van der Waals surface area (Å²) in [6, 6.07) is 8.84. The van der Waals surface area contributed by atoms with Gasteiger partial charge in [-0.2, -0.15) is 5.26 Å². The maximum atomic E-state index is 11.8. The Morgan fingerprint density at radius 2 is 2.20 bits per heavy atom. The lowest BCUT2D eigenvalue weighted by Gasteiger charge is -2.05. The third-order valence-electron chi connectivity index (χ3n) is 2.64. The van der Waals surface area contributed by atoms with Gasteiger partial charge in [-0.25, -0.2) is 4.98 Å². The monoisotopic (exact) mass is 286 g/mol. The zero-order valence-corrected chi connectivity index (χ0v) is 11.9. The number of carbonyl (C=O) groups is 1. The molecule has 1 amide bonds.